The van der Waals surface area contributed by atoms with E-state index in [0.717, 1.165) is 22.2 Å². The zero-order valence-corrected chi connectivity index (χ0v) is 9.33. The average molecular weight is 218 g/mol. The molecule has 0 saturated heterocycles. The summed E-state index contributed by atoms with van der Waals surface area (Å²) in [6.07, 6.45) is -0.412. The van der Waals surface area contributed by atoms with Gasteiger partial charge in [-0.05, 0) is 18.6 Å². The van der Waals surface area contributed by atoms with E-state index in [9.17, 15) is 4.79 Å². The highest BCUT2D eigenvalue weighted by molar-refractivity contribution is 5.84. The number of aromatic nitrogens is 1. The standard InChI is InChI=1S/C12H14N2O2/c1-8-10(7-13-12(15)16-2)9-5-3-4-6-11(9)14-8/h3-6,14H,7H2,1-2H3,(H,13,15). The molecule has 1 aromatic heterocycles. The summed E-state index contributed by atoms with van der Waals surface area (Å²) in [5.74, 6) is 0. The molecule has 2 N–H and O–H groups in total. The van der Waals surface area contributed by atoms with Gasteiger partial charge in [-0.3, -0.25) is 0 Å². The number of aryl methyl sites for hydroxylation is 1. The minimum absolute atomic E-state index is 0.412. The lowest BCUT2D eigenvalue weighted by Gasteiger charge is -2.03. The van der Waals surface area contributed by atoms with Crippen LogP contribution in [0.4, 0.5) is 4.79 Å². The monoisotopic (exact) mass is 218 g/mol. The summed E-state index contributed by atoms with van der Waals surface area (Å²) >= 11 is 0. The first-order valence-electron chi connectivity index (χ1n) is 5.10. The van der Waals surface area contributed by atoms with E-state index in [2.05, 4.69) is 15.0 Å². The Balaban J connectivity index is 2.29. The summed E-state index contributed by atoms with van der Waals surface area (Å²) in [6.45, 7) is 2.47. The number of nitrogens with one attached hydrogen (secondary N) is 2. The van der Waals surface area contributed by atoms with Crippen molar-refractivity contribution < 1.29 is 9.53 Å². The third-order valence-electron chi connectivity index (χ3n) is 2.62. The number of aromatic amines is 1. The van der Waals surface area contributed by atoms with Crippen LogP contribution in [0.5, 0.6) is 0 Å². The molecule has 2 rings (SSSR count). The van der Waals surface area contributed by atoms with Gasteiger partial charge in [-0.1, -0.05) is 18.2 Å². The number of methoxy groups -OCH3 is 1. The molecule has 0 bridgehead atoms. The van der Waals surface area contributed by atoms with Gasteiger partial charge < -0.3 is 15.0 Å². The summed E-state index contributed by atoms with van der Waals surface area (Å²) in [4.78, 5) is 14.3. The van der Waals surface area contributed by atoms with Crippen LogP contribution in [0.1, 0.15) is 11.3 Å². The Bertz CT molecular complexity index is 517. The molecule has 84 valence electrons. The minimum Gasteiger partial charge on any atom is -0.453 e. The second-order valence-electron chi connectivity index (χ2n) is 3.62. The predicted molar refractivity (Wildman–Crippen MR) is 62.3 cm³/mol. The number of benzene rings is 1. The number of carbonyl (C=O) groups excluding carboxylic acids is 1. The number of hydrogen-bond donors (Lipinski definition) is 2. The minimum atomic E-state index is -0.412. The van der Waals surface area contributed by atoms with E-state index in [0.29, 0.717) is 6.54 Å². The number of para-hydroxylation sites is 1. The van der Waals surface area contributed by atoms with Crippen molar-refractivity contribution in [3.8, 4) is 0 Å². The van der Waals surface area contributed by atoms with Gasteiger partial charge in [0, 0.05) is 23.1 Å². The van der Waals surface area contributed by atoms with Crippen LogP contribution >= 0.6 is 0 Å². The van der Waals surface area contributed by atoms with E-state index in [1.807, 2.05) is 31.2 Å². The molecule has 1 heterocycles. The first-order valence-corrected chi connectivity index (χ1v) is 5.10. The molecular formula is C12H14N2O2. The fourth-order valence-electron chi connectivity index (χ4n) is 1.80. The lowest BCUT2D eigenvalue weighted by atomic mass is 10.1. The van der Waals surface area contributed by atoms with Crippen molar-refractivity contribution >= 4 is 17.0 Å². The van der Waals surface area contributed by atoms with Gasteiger partial charge in [0.15, 0.2) is 0 Å². The van der Waals surface area contributed by atoms with E-state index < -0.39 is 6.09 Å². The molecule has 0 fully saturated rings. The zero-order chi connectivity index (χ0) is 11.5. The summed E-state index contributed by atoms with van der Waals surface area (Å²) in [7, 11) is 1.36. The number of rotatable bonds is 2. The molecule has 4 heteroatoms. The summed E-state index contributed by atoms with van der Waals surface area (Å²) in [6, 6.07) is 8.02. The highest BCUT2D eigenvalue weighted by Crippen LogP contribution is 2.21. The van der Waals surface area contributed by atoms with Crippen LogP contribution in [0.3, 0.4) is 0 Å². The van der Waals surface area contributed by atoms with E-state index in [-0.39, 0.29) is 0 Å². The first kappa shape index (κ1) is 10.5. The molecule has 0 aliphatic carbocycles. The Morgan fingerprint density at radius 2 is 2.19 bits per heavy atom. The molecule has 0 radical (unpaired) electrons. The van der Waals surface area contributed by atoms with Gasteiger partial charge in [0.05, 0.1) is 7.11 Å². The third kappa shape index (κ3) is 1.86. The zero-order valence-electron chi connectivity index (χ0n) is 9.33. The molecule has 0 unspecified atom stereocenters. The SMILES string of the molecule is COC(=O)NCc1c(C)[nH]c2ccccc12. The lowest BCUT2D eigenvalue weighted by Crippen LogP contribution is -2.22. The number of alkyl carbamates (subject to hydrolysis) is 1. The predicted octanol–water partition coefficient (Wildman–Crippen LogP) is 2.33. The Labute approximate surface area is 93.6 Å². The number of hydrogen-bond acceptors (Lipinski definition) is 2. The first-order chi connectivity index (χ1) is 7.72. The Kier molecular flexibility index (Phi) is 2.81. The molecule has 1 aromatic carbocycles. The van der Waals surface area contributed by atoms with Crippen molar-refractivity contribution in [2.75, 3.05) is 7.11 Å². The van der Waals surface area contributed by atoms with Crippen LogP contribution in [0.25, 0.3) is 10.9 Å². The van der Waals surface area contributed by atoms with E-state index >= 15 is 0 Å². The maximum Gasteiger partial charge on any atom is 0.407 e. The van der Waals surface area contributed by atoms with Crippen LogP contribution in [-0.4, -0.2) is 18.2 Å². The third-order valence-corrected chi connectivity index (χ3v) is 2.62. The molecule has 0 spiro atoms. The van der Waals surface area contributed by atoms with Crippen molar-refractivity contribution in [1.29, 1.82) is 0 Å². The van der Waals surface area contributed by atoms with Crippen LogP contribution in [0.15, 0.2) is 24.3 Å². The van der Waals surface area contributed by atoms with E-state index in [4.69, 9.17) is 0 Å². The molecular weight excluding hydrogens is 204 g/mol. The lowest BCUT2D eigenvalue weighted by molar-refractivity contribution is 0.170. The van der Waals surface area contributed by atoms with Gasteiger partial charge in [0.2, 0.25) is 0 Å². The molecule has 0 saturated carbocycles. The van der Waals surface area contributed by atoms with Gasteiger partial charge in [0.1, 0.15) is 0 Å². The molecule has 4 nitrogen and oxygen atoms in total. The maximum absolute atomic E-state index is 11.0. The summed E-state index contributed by atoms with van der Waals surface area (Å²) in [5, 5.41) is 3.82. The number of H-pyrrole nitrogens is 1. The van der Waals surface area contributed by atoms with Gasteiger partial charge in [-0.25, -0.2) is 4.79 Å². The average Bonchev–Trinajstić information content (AvgIpc) is 2.62. The highest BCUT2D eigenvalue weighted by atomic mass is 16.5. The summed E-state index contributed by atoms with van der Waals surface area (Å²) < 4.78 is 4.54. The Morgan fingerprint density at radius 1 is 1.44 bits per heavy atom. The number of carbonyl (C=O) groups is 1. The molecule has 1 amide bonds. The number of ether oxygens (including phenoxy) is 1. The molecule has 16 heavy (non-hydrogen) atoms. The van der Waals surface area contributed by atoms with Crippen LogP contribution in [-0.2, 0) is 11.3 Å². The van der Waals surface area contributed by atoms with Crippen molar-refractivity contribution in [3.63, 3.8) is 0 Å². The molecule has 2 aromatic rings. The molecule has 0 aliphatic heterocycles. The van der Waals surface area contributed by atoms with E-state index in [1.54, 1.807) is 0 Å². The van der Waals surface area contributed by atoms with Crippen molar-refractivity contribution in [2.45, 2.75) is 13.5 Å². The van der Waals surface area contributed by atoms with Gasteiger partial charge in [0.25, 0.3) is 0 Å². The van der Waals surface area contributed by atoms with Crippen molar-refractivity contribution in [2.24, 2.45) is 0 Å². The number of fused-ring (bicyclic) bond motifs is 1. The van der Waals surface area contributed by atoms with Crippen LogP contribution in [0.2, 0.25) is 0 Å². The quantitative estimate of drug-likeness (QED) is 0.812. The Hall–Kier alpha value is -1.97. The normalized spacial score (nSPS) is 10.4. The maximum atomic E-state index is 11.0. The van der Waals surface area contributed by atoms with Gasteiger partial charge in [-0.15, -0.1) is 0 Å². The fourth-order valence-corrected chi connectivity index (χ4v) is 1.80. The van der Waals surface area contributed by atoms with E-state index in [1.165, 1.54) is 7.11 Å². The smallest absolute Gasteiger partial charge is 0.407 e. The fraction of sp³-hybridized carbons (Fsp3) is 0.250. The topological polar surface area (TPSA) is 54.1 Å². The second-order valence-corrected chi connectivity index (χ2v) is 3.62. The molecule has 0 atom stereocenters. The highest BCUT2D eigenvalue weighted by Gasteiger charge is 2.08. The second kappa shape index (κ2) is 4.26. The Morgan fingerprint density at radius 3 is 2.94 bits per heavy atom. The molecule has 0 aliphatic rings. The van der Waals surface area contributed by atoms with Gasteiger partial charge in [-0.2, -0.15) is 0 Å². The van der Waals surface area contributed by atoms with Gasteiger partial charge >= 0.3 is 6.09 Å². The number of amides is 1. The largest absolute Gasteiger partial charge is 0.453 e. The van der Waals surface area contributed by atoms with Crippen LogP contribution in [0, 0.1) is 6.92 Å². The van der Waals surface area contributed by atoms with Crippen molar-refractivity contribution in [3.05, 3.63) is 35.5 Å². The van der Waals surface area contributed by atoms with Crippen molar-refractivity contribution in [1.82, 2.24) is 10.3 Å². The van der Waals surface area contributed by atoms with Crippen LogP contribution < -0.4 is 5.32 Å². The summed E-state index contributed by atoms with van der Waals surface area (Å²) in [5.41, 5.74) is 3.25.